The standard InChI is InChI=1S/C26H38N6O2/c1-7-22(24-28-29-30-32(24)26(5,6)8-2)31(16-21-10-9-13-34-21)15-20-14-19-12-11-17(3)18(4)23(19)27-25(20)33/h11-12,14,21-22H,7-10,13,15-16H2,1-6H3,(H,27,33). The molecule has 184 valence electrons. The fraction of sp³-hybridized carbons (Fsp3) is 0.615. The van der Waals surface area contributed by atoms with E-state index in [2.05, 4.69) is 79.1 Å². The van der Waals surface area contributed by atoms with Crippen LogP contribution in [0.25, 0.3) is 10.9 Å². The molecule has 0 aliphatic carbocycles. The van der Waals surface area contributed by atoms with Crippen LogP contribution in [-0.4, -0.2) is 49.3 Å². The highest BCUT2D eigenvalue weighted by Gasteiger charge is 2.32. The second kappa shape index (κ2) is 9.96. The number of H-pyrrole nitrogens is 1. The van der Waals surface area contributed by atoms with Gasteiger partial charge in [-0.25, -0.2) is 4.68 Å². The SMILES string of the molecule is CCC(c1nnnn1C(C)(C)CC)N(Cc1cc2ccc(C)c(C)c2[nH]c1=O)CC1CCCO1. The number of rotatable bonds is 9. The second-order valence-electron chi connectivity index (χ2n) is 10.2. The van der Waals surface area contributed by atoms with Crippen LogP contribution < -0.4 is 5.56 Å². The number of nitrogens with zero attached hydrogens (tertiary/aromatic N) is 5. The van der Waals surface area contributed by atoms with E-state index in [4.69, 9.17) is 4.74 Å². The van der Waals surface area contributed by atoms with Crippen molar-refractivity contribution in [2.45, 2.75) is 91.5 Å². The Bertz CT molecular complexity index is 1190. The average Bonchev–Trinajstić information content (AvgIpc) is 3.51. The normalized spacial score (nSPS) is 17.7. The van der Waals surface area contributed by atoms with Gasteiger partial charge in [0.1, 0.15) is 0 Å². The monoisotopic (exact) mass is 466 g/mol. The summed E-state index contributed by atoms with van der Waals surface area (Å²) in [5.41, 5.74) is 3.72. The first-order valence-electron chi connectivity index (χ1n) is 12.5. The molecule has 2 aromatic heterocycles. The fourth-order valence-electron chi connectivity index (χ4n) is 4.84. The average molecular weight is 467 g/mol. The molecule has 3 heterocycles. The number of pyridine rings is 1. The van der Waals surface area contributed by atoms with E-state index in [0.29, 0.717) is 6.54 Å². The highest BCUT2D eigenvalue weighted by atomic mass is 16.5. The number of ether oxygens (including phenoxy) is 1. The van der Waals surface area contributed by atoms with Crippen molar-refractivity contribution in [1.82, 2.24) is 30.1 Å². The Hall–Kier alpha value is -2.58. The van der Waals surface area contributed by atoms with Gasteiger partial charge in [-0.1, -0.05) is 26.0 Å². The molecule has 4 rings (SSSR count). The maximum Gasteiger partial charge on any atom is 0.252 e. The van der Waals surface area contributed by atoms with Crippen molar-refractivity contribution in [3.8, 4) is 0 Å². The molecule has 2 atom stereocenters. The molecule has 0 radical (unpaired) electrons. The first-order chi connectivity index (χ1) is 16.2. The van der Waals surface area contributed by atoms with Crippen molar-refractivity contribution in [2.75, 3.05) is 13.2 Å². The molecule has 3 aromatic rings. The van der Waals surface area contributed by atoms with E-state index >= 15 is 0 Å². The van der Waals surface area contributed by atoms with Crippen LogP contribution in [0.4, 0.5) is 0 Å². The van der Waals surface area contributed by atoms with Crippen LogP contribution in [0.3, 0.4) is 0 Å². The zero-order chi connectivity index (χ0) is 24.5. The highest BCUT2D eigenvalue weighted by molar-refractivity contribution is 5.83. The Balaban J connectivity index is 1.73. The van der Waals surface area contributed by atoms with Crippen LogP contribution in [0.5, 0.6) is 0 Å². The second-order valence-corrected chi connectivity index (χ2v) is 10.2. The molecule has 1 aromatic carbocycles. The maximum absolute atomic E-state index is 13.2. The van der Waals surface area contributed by atoms with E-state index in [0.717, 1.165) is 66.7 Å². The lowest BCUT2D eigenvalue weighted by Crippen LogP contribution is -2.39. The lowest BCUT2D eigenvalue weighted by Gasteiger charge is -2.34. The number of nitrogens with one attached hydrogen (secondary N) is 1. The summed E-state index contributed by atoms with van der Waals surface area (Å²) in [7, 11) is 0. The van der Waals surface area contributed by atoms with Gasteiger partial charge in [0, 0.05) is 25.3 Å². The molecule has 1 aliphatic heterocycles. The summed E-state index contributed by atoms with van der Waals surface area (Å²) in [4.78, 5) is 18.7. The van der Waals surface area contributed by atoms with Gasteiger partial charge in [0.15, 0.2) is 5.82 Å². The molecule has 0 amide bonds. The van der Waals surface area contributed by atoms with Gasteiger partial charge in [0.2, 0.25) is 0 Å². The highest BCUT2D eigenvalue weighted by Crippen LogP contribution is 2.30. The number of aryl methyl sites for hydroxylation is 2. The minimum Gasteiger partial charge on any atom is -0.377 e. The maximum atomic E-state index is 13.2. The molecule has 34 heavy (non-hydrogen) atoms. The van der Waals surface area contributed by atoms with Crippen molar-refractivity contribution in [1.29, 1.82) is 0 Å². The van der Waals surface area contributed by atoms with Crippen LogP contribution in [0.15, 0.2) is 23.0 Å². The predicted octanol–water partition coefficient (Wildman–Crippen LogP) is 4.41. The number of benzene rings is 1. The van der Waals surface area contributed by atoms with Crippen LogP contribution in [0, 0.1) is 13.8 Å². The smallest absolute Gasteiger partial charge is 0.252 e. The molecule has 1 saturated heterocycles. The summed E-state index contributed by atoms with van der Waals surface area (Å²) in [6, 6.07) is 6.21. The number of aromatic amines is 1. The Kier molecular flexibility index (Phi) is 7.19. The summed E-state index contributed by atoms with van der Waals surface area (Å²) in [5.74, 6) is 0.844. The van der Waals surface area contributed by atoms with Gasteiger partial charge in [-0.2, -0.15) is 0 Å². The minimum absolute atomic E-state index is 0.0279. The third-order valence-corrected chi connectivity index (χ3v) is 7.52. The van der Waals surface area contributed by atoms with Crippen molar-refractivity contribution in [3.05, 3.63) is 51.1 Å². The molecular weight excluding hydrogens is 428 g/mol. The Morgan fingerprint density at radius 3 is 2.76 bits per heavy atom. The third-order valence-electron chi connectivity index (χ3n) is 7.52. The van der Waals surface area contributed by atoms with E-state index < -0.39 is 0 Å². The Morgan fingerprint density at radius 1 is 1.29 bits per heavy atom. The first kappa shape index (κ1) is 24.5. The third kappa shape index (κ3) is 4.79. The van der Waals surface area contributed by atoms with Crippen LogP contribution >= 0.6 is 0 Å². The van der Waals surface area contributed by atoms with Gasteiger partial charge in [-0.05, 0) is 86.4 Å². The lowest BCUT2D eigenvalue weighted by atomic mass is 10.0. The molecular formula is C26H38N6O2. The van der Waals surface area contributed by atoms with E-state index in [1.54, 1.807) is 0 Å². The van der Waals surface area contributed by atoms with E-state index in [1.807, 2.05) is 10.7 Å². The molecule has 0 bridgehead atoms. The summed E-state index contributed by atoms with van der Waals surface area (Å²) >= 11 is 0. The number of hydrogen-bond acceptors (Lipinski definition) is 6. The van der Waals surface area contributed by atoms with Crippen LogP contribution in [0.1, 0.15) is 81.9 Å². The Morgan fingerprint density at radius 2 is 2.09 bits per heavy atom. The molecule has 2 unspecified atom stereocenters. The van der Waals surface area contributed by atoms with Gasteiger partial charge in [0.25, 0.3) is 5.56 Å². The van der Waals surface area contributed by atoms with Crippen molar-refractivity contribution < 1.29 is 4.74 Å². The largest absolute Gasteiger partial charge is 0.377 e. The molecule has 0 spiro atoms. The summed E-state index contributed by atoms with van der Waals surface area (Å²) in [6.45, 7) is 14.8. The summed E-state index contributed by atoms with van der Waals surface area (Å²) < 4.78 is 7.95. The number of aromatic nitrogens is 5. The lowest BCUT2D eigenvalue weighted by molar-refractivity contribution is 0.0475. The van der Waals surface area contributed by atoms with E-state index in [1.165, 1.54) is 5.56 Å². The van der Waals surface area contributed by atoms with Gasteiger partial charge in [-0.3, -0.25) is 9.69 Å². The Labute approximate surface area is 201 Å². The predicted molar refractivity (Wildman–Crippen MR) is 134 cm³/mol. The molecule has 8 heteroatoms. The minimum atomic E-state index is -0.197. The van der Waals surface area contributed by atoms with Gasteiger partial charge in [-0.15, -0.1) is 5.10 Å². The van der Waals surface area contributed by atoms with Crippen molar-refractivity contribution >= 4 is 10.9 Å². The van der Waals surface area contributed by atoms with E-state index in [-0.39, 0.29) is 23.2 Å². The van der Waals surface area contributed by atoms with E-state index in [9.17, 15) is 4.79 Å². The van der Waals surface area contributed by atoms with Crippen LogP contribution in [0.2, 0.25) is 0 Å². The number of tetrazole rings is 1. The summed E-state index contributed by atoms with van der Waals surface area (Å²) in [5, 5.41) is 13.9. The zero-order valence-electron chi connectivity index (χ0n) is 21.4. The first-order valence-corrected chi connectivity index (χ1v) is 12.5. The molecule has 8 nitrogen and oxygen atoms in total. The fourth-order valence-corrected chi connectivity index (χ4v) is 4.84. The van der Waals surface area contributed by atoms with Crippen molar-refractivity contribution in [3.63, 3.8) is 0 Å². The van der Waals surface area contributed by atoms with Gasteiger partial charge < -0.3 is 9.72 Å². The molecule has 1 fully saturated rings. The van der Waals surface area contributed by atoms with Crippen molar-refractivity contribution in [2.24, 2.45) is 0 Å². The molecule has 0 saturated carbocycles. The number of fused-ring (bicyclic) bond motifs is 1. The molecule has 1 aliphatic rings. The molecule has 1 N–H and O–H groups in total. The van der Waals surface area contributed by atoms with Gasteiger partial charge in [0.05, 0.1) is 23.2 Å². The number of hydrogen-bond donors (Lipinski definition) is 1. The quantitative estimate of drug-likeness (QED) is 0.503. The topological polar surface area (TPSA) is 88.9 Å². The van der Waals surface area contributed by atoms with Gasteiger partial charge >= 0.3 is 0 Å². The zero-order valence-corrected chi connectivity index (χ0v) is 21.4. The van der Waals surface area contributed by atoms with Crippen LogP contribution in [-0.2, 0) is 16.8 Å². The summed E-state index contributed by atoms with van der Waals surface area (Å²) in [6.07, 6.45) is 4.00.